The van der Waals surface area contributed by atoms with Crippen LogP contribution in [0, 0.1) is 0 Å². The van der Waals surface area contributed by atoms with Gasteiger partial charge in [0.25, 0.3) is 8.32 Å². The number of aliphatic hydroxyl groups is 2. The van der Waals surface area contributed by atoms with Gasteiger partial charge in [0, 0.05) is 0 Å². The molecule has 33 heavy (non-hydrogen) atoms. The van der Waals surface area contributed by atoms with Gasteiger partial charge in [-0.15, -0.1) is 0 Å². The number of benzene rings is 2. The van der Waals surface area contributed by atoms with Gasteiger partial charge in [0.2, 0.25) is 0 Å². The summed E-state index contributed by atoms with van der Waals surface area (Å²) in [7, 11) is -2.84. The number of ether oxygens (including phenoxy) is 3. The maximum atomic E-state index is 11.5. The third-order valence-electron chi connectivity index (χ3n) is 6.63. The first kappa shape index (κ1) is 24.5. The monoisotopic (exact) mass is 472 g/mol. The molecule has 2 aromatic carbocycles. The van der Waals surface area contributed by atoms with Crippen LogP contribution in [0.4, 0.5) is 0 Å². The second-order valence-corrected chi connectivity index (χ2v) is 15.1. The maximum Gasteiger partial charge on any atom is 0.261 e. The number of hydrogen-bond donors (Lipinski definition) is 2. The highest BCUT2D eigenvalue weighted by Crippen LogP contribution is 2.42. The highest BCUT2D eigenvalue weighted by molar-refractivity contribution is 6.99. The van der Waals surface area contributed by atoms with Crippen molar-refractivity contribution in [2.24, 2.45) is 0 Å². The van der Waals surface area contributed by atoms with E-state index < -0.39 is 44.3 Å². The van der Waals surface area contributed by atoms with E-state index in [4.69, 9.17) is 18.6 Å². The molecule has 2 N–H and O–H groups in total. The van der Waals surface area contributed by atoms with Crippen molar-refractivity contribution < 1.29 is 28.8 Å². The summed E-state index contributed by atoms with van der Waals surface area (Å²) in [4.78, 5) is 0. The quantitative estimate of drug-likeness (QED) is 0.630. The zero-order chi connectivity index (χ0) is 24.1. The Kier molecular flexibility index (Phi) is 6.37. The fourth-order valence-electron chi connectivity index (χ4n) is 5.10. The average molecular weight is 473 g/mol. The van der Waals surface area contributed by atoms with Crippen molar-refractivity contribution in [3.63, 3.8) is 0 Å². The molecule has 2 aliphatic rings. The summed E-state index contributed by atoms with van der Waals surface area (Å²) in [5.74, 6) is -0.835. The predicted molar refractivity (Wildman–Crippen MR) is 129 cm³/mol. The van der Waals surface area contributed by atoms with Crippen LogP contribution in [-0.2, 0) is 18.6 Å². The molecule has 4 rings (SSSR count). The van der Waals surface area contributed by atoms with Crippen LogP contribution < -0.4 is 10.4 Å². The molecule has 0 saturated carbocycles. The Morgan fingerprint density at radius 3 is 1.88 bits per heavy atom. The van der Waals surface area contributed by atoms with Gasteiger partial charge >= 0.3 is 0 Å². The lowest BCUT2D eigenvalue weighted by Crippen LogP contribution is -2.68. The van der Waals surface area contributed by atoms with E-state index in [-0.39, 0.29) is 11.6 Å². The molecule has 6 nitrogen and oxygen atoms in total. The van der Waals surface area contributed by atoms with E-state index in [9.17, 15) is 10.2 Å². The van der Waals surface area contributed by atoms with Gasteiger partial charge in [0.1, 0.15) is 23.9 Å². The van der Waals surface area contributed by atoms with E-state index in [1.807, 2.05) is 36.4 Å². The minimum atomic E-state index is -2.84. The van der Waals surface area contributed by atoms with Crippen molar-refractivity contribution in [2.75, 3.05) is 6.61 Å². The SMILES string of the molecule is CC1(C)O[C@H]2O[C@H]([C@](C)(O)CO[Si](c3ccccc3)(c3ccccc3)C(C)(C)C)[C@@H](O)[C@H]2O1. The van der Waals surface area contributed by atoms with Crippen molar-refractivity contribution in [3.8, 4) is 0 Å². The van der Waals surface area contributed by atoms with Crippen LogP contribution in [0.15, 0.2) is 60.7 Å². The molecule has 0 unspecified atom stereocenters. The van der Waals surface area contributed by atoms with Gasteiger partial charge in [-0.25, -0.2) is 0 Å². The number of aliphatic hydroxyl groups excluding tert-OH is 1. The fraction of sp³-hybridized carbons (Fsp3) is 0.538. The van der Waals surface area contributed by atoms with Crippen molar-refractivity contribution in [1.29, 1.82) is 0 Å². The van der Waals surface area contributed by atoms with E-state index >= 15 is 0 Å². The Morgan fingerprint density at radius 2 is 1.42 bits per heavy atom. The lowest BCUT2D eigenvalue weighted by atomic mass is 9.95. The third-order valence-corrected chi connectivity index (χ3v) is 11.6. The zero-order valence-corrected chi connectivity index (χ0v) is 21.3. The molecule has 0 bridgehead atoms. The Bertz CT molecular complexity index is 901. The molecule has 180 valence electrons. The lowest BCUT2D eigenvalue weighted by molar-refractivity contribution is -0.240. The third kappa shape index (κ3) is 4.44. The van der Waals surface area contributed by atoms with Gasteiger partial charge in [-0.1, -0.05) is 81.4 Å². The van der Waals surface area contributed by atoms with Crippen LogP contribution in [0.1, 0.15) is 41.5 Å². The largest absolute Gasteiger partial charge is 0.404 e. The fourth-order valence-corrected chi connectivity index (χ4v) is 9.77. The maximum absolute atomic E-state index is 11.5. The minimum Gasteiger partial charge on any atom is -0.404 e. The van der Waals surface area contributed by atoms with Gasteiger partial charge in [-0.2, -0.15) is 0 Å². The standard InChI is InChI=1S/C26H36O6Si/c1-24(2,3)33(18-13-9-7-10-14-18,19-15-11-8-12-16-19)29-17-26(6,28)22-20(27)21-23(30-22)32-25(4,5)31-21/h7-16,20-23,27-28H,17H2,1-6H3/t20-,21+,22-,23+,26+/m0/s1. The molecule has 7 heteroatoms. The van der Waals surface area contributed by atoms with Crippen molar-refractivity contribution in [3.05, 3.63) is 60.7 Å². The second-order valence-electron chi connectivity index (χ2n) is 10.8. The van der Waals surface area contributed by atoms with Gasteiger partial charge in [-0.05, 0) is 36.2 Å². The second kappa shape index (κ2) is 8.57. The normalized spacial score (nSPS) is 29.0. The molecule has 2 aromatic rings. The van der Waals surface area contributed by atoms with Crippen LogP contribution in [0.25, 0.3) is 0 Å². The number of hydrogen-bond acceptors (Lipinski definition) is 6. The van der Waals surface area contributed by atoms with E-state index in [1.54, 1.807) is 20.8 Å². The Labute approximate surface area is 197 Å². The zero-order valence-electron chi connectivity index (χ0n) is 20.3. The smallest absolute Gasteiger partial charge is 0.261 e. The van der Waals surface area contributed by atoms with E-state index in [0.717, 1.165) is 10.4 Å². The molecule has 0 aliphatic carbocycles. The minimum absolute atomic E-state index is 0.00909. The summed E-state index contributed by atoms with van der Waals surface area (Å²) in [6.45, 7) is 11.7. The summed E-state index contributed by atoms with van der Waals surface area (Å²) in [5, 5.41) is 24.4. The number of rotatable bonds is 6. The first-order valence-corrected chi connectivity index (χ1v) is 13.4. The molecule has 2 aliphatic heterocycles. The molecule has 0 radical (unpaired) electrons. The van der Waals surface area contributed by atoms with E-state index in [2.05, 4.69) is 45.0 Å². The summed E-state index contributed by atoms with van der Waals surface area (Å²) in [6.07, 6.45) is -3.31. The summed E-state index contributed by atoms with van der Waals surface area (Å²) in [5.41, 5.74) is -1.46. The van der Waals surface area contributed by atoms with Crippen LogP contribution >= 0.6 is 0 Å². The van der Waals surface area contributed by atoms with Crippen molar-refractivity contribution in [2.45, 2.75) is 82.6 Å². The summed E-state index contributed by atoms with van der Waals surface area (Å²) >= 11 is 0. The molecule has 2 saturated heterocycles. The molecule has 2 heterocycles. The molecule has 0 spiro atoms. The Balaban J connectivity index is 1.65. The van der Waals surface area contributed by atoms with Gasteiger partial charge in [-0.3, -0.25) is 0 Å². The Hall–Kier alpha value is -1.58. The molecule has 0 aromatic heterocycles. The summed E-state index contributed by atoms with van der Waals surface area (Å²) < 4.78 is 24.4. The van der Waals surface area contributed by atoms with Gasteiger partial charge in [0.05, 0.1) is 6.61 Å². The van der Waals surface area contributed by atoms with Gasteiger partial charge < -0.3 is 28.8 Å². The first-order valence-electron chi connectivity index (χ1n) is 11.5. The van der Waals surface area contributed by atoms with E-state index in [1.165, 1.54) is 0 Å². The van der Waals surface area contributed by atoms with Crippen LogP contribution in [0.5, 0.6) is 0 Å². The molecular weight excluding hydrogens is 436 g/mol. The molecule has 5 atom stereocenters. The van der Waals surface area contributed by atoms with Crippen molar-refractivity contribution in [1.82, 2.24) is 0 Å². The average Bonchev–Trinajstić information content (AvgIpc) is 3.22. The molecule has 0 amide bonds. The molecular formula is C26H36O6Si. The van der Waals surface area contributed by atoms with Gasteiger partial charge in [0.15, 0.2) is 12.1 Å². The van der Waals surface area contributed by atoms with Crippen molar-refractivity contribution >= 4 is 18.7 Å². The van der Waals surface area contributed by atoms with E-state index in [0.29, 0.717) is 0 Å². The number of fused-ring (bicyclic) bond motifs is 1. The lowest BCUT2D eigenvalue weighted by Gasteiger charge is -2.45. The topological polar surface area (TPSA) is 77.4 Å². The summed E-state index contributed by atoms with van der Waals surface area (Å²) in [6, 6.07) is 20.5. The highest BCUT2D eigenvalue weighted by atomic mass is 28.4. The van der Waals surface area contributed by atoms with Crippen LogP contribution in [0.2, 0.25) is 5.04 Å². The van der Waals surface area contributed by atoms with Crippen LogP contribution in [0.3, 0.4) is 0 Å². The predicted octanol–water partition coefficient (Wildman–Crippen LogP) is 2.55. The molecule has 2 fully saturated rings. The van der Waals surface area contributed by atoms with Crippen LogP contribution in [-0.4, -0.2) is 61.1 Å². The highest BCUT2D eigenvalue weighted by Gasteiger charge is 2.59. The first-order chi connectivity index (χ1) is 15.4. The Morgan fingerprint density at radius 1 is 0.909 bits per heavy atom.